The Labute approximate surface area is 135 Å². The van der Waals surface area contributed by atoms with Gasteiger partial charge < -0.3 is 20.8 Å². The van der Waals surface area contributed by atoms with Crippen molar-refractivity contribution in [2.45, 2.75) is 5.92 Å². The van der Waals surface area contributed by atoms with Crippen LogP contribution in [0.1, 0.15) is 27.7 Å². The lowest BCUT2D eigenvalue weighted by molar-refractivity contribution is -0.116. The second-order valence-corrected chi connectivity index (χ2v) is 5.54. The van der Waals surface area contributed by atoms with Gasteiger partial charge in [0, 0.05) is 11.3 Å². The third-order valence-corrected chi connectivity index (χ3v) is 4.05. The van der Waals surface area contributed by atoms with Gasteiger partial charge in [0.05, 0.1) is 22.3 Å². The fraction of sp³-hybridized carbons (Fsp3) is 0.0588. The summed E-state index contributed by atoms with van der Waals surface area (Å²) in [4.78, 5) is 30.8. The van der Waals surface area contributed by atoms with Crippen molar-refractivity contribution < 1.29 is 14.7 Å². The van der Waals surface area contributed by atoms with E-state index in [0.29, 0.717) is 28.1 Å². The molecule has 2 aromatic carbocycles. The molecule has 0 aliphatic carbocycles. The van der Waals surface area contributed by atoms with Crippen LogP contribution < -0.4 is 5.32 Å². The van der Waals surface area contributed by atoms with Crippen molar-refractivity contribution in [3.8, 4) is 0 Å². The smallest absolute Gasteiger partial charge is 0.335 e. The molecule has 1 amide bonds. The standard InChI is InChI=1S/C17H12N4O3/c18-14-9-3-1-2-4-10(9)21-16(22)13(14)15-19-11-6-5-8(17(23)24)7-12(11)20-15/h1-7,13,18H,(H,19,20)(H,21,22)(H,23,24). The van der Waals surface area contributed by atoms with Crippen LogP contribution in [-0.2, 0) is 4.79 Å². The highest BCUT2D eigenvalue weighted by Gasteiger charge is 2.34. The van der Waals surface area contributed by atoms with Crippen LogP contribution in [0.25, 0.3) is 11.0 Å². The maximum Gasteiger partial charge on any atom is 0.335 e. The molecule has 1 aromatic heterocycles. The van der Waals surface area contributed by atoms with Crippen molar-refractivity contribution in [2.75, 3.05) is 5.32 Å². The molecule has 1 aliphatic rings. The number of carboxylic acids is 1. The van der Waals surface area contributed by atoms with E-state index in [9.17, 15) is 9.59 Å². The Hall–Kier alpha value is -3.48. The normalized spacial score (nSPS) is 16.8. The van der Waals surface area contributed by atoms with E-state index in [0.717, 1.165) is 0 Å². The van der Waals surface area contributed by atoms with Gasteiger partial charge in [-0.15, -0.1) is 0 Å². The lowest BCUT2D eigenvalue weighted by atomic mass is 9.90. The van der Waals surface area contributed by atoms with E-state index in [1.54, 1.807) is 30.3 Å². The summed E-state index contributed by atoms with van der Waals surface area (Å²) in [5.41, 5.74) is 2.61. The zero-order valence-electron chi connectivity index (χ0n) is 12.3. The second kappa shape index (κ2) is 5.02. The van der Waals surface area contributed by atoms with Gasteiger partial charge in [-0.25, -0.2) is 9.78 Å². The first-order valence-electron chi connectivity index (χ1n) is 7.26. The Bertz CT molecular complexity index is 1020. The van der Waals surface area contributed by atoms with E-state index in [1.165, 1.54) is 12.1 Å². The fourth-order valence-corrected chi connectivity index (χ4v) is 2.88. The predicted octanol–water partition coefficient (Wildman–Crippen LogP) is 2.36. The quantitative estimate of drug-likeness (QED) is 0.579. The first-order chi connectivity index (χ1) is 11.5. The van der Waals surface area contributed by atoms with Gasteiger partial charge in [-0.1, -0.05) is 18.2 Å². The Kier molecular flexibility index (Phi) is 2.96. The van der Waals surface area contributed by atoms with Gasteiger partial charge in [0.15, 0.2) is 0 Å². The molecule has 24 heavy (non-hydrogen) atoms. The lowest BCUT2D eigenvalue weighted by Gasteiger charge is -2.24. The second-order valence-electron chi connectivity index (χ2n) is 5.54. The minimum Gasteiger partial charge on any atom is -0.478 e. The molecule has 4 rings (SSSR count). The zero-order valence-corrected chi connectivity index (χ0v) is 12.3. The highest BCUT2D eigenvalue weighted by Crippen LogP contribution is 2.31. The van der Waals surface area contributed by atoms with Gasteiger partial charge in [0.25, 0.3) is 0 Å². The molecule has 0 saturated heterocycles. The molecule has 1 aliphatic heterocycles. The summed E-state index contributed by atoms with van der Waals surface area (Å²) in [6.07, 6.45) is 0. The number of nitrogens with one attached hydrogen (secondary N) is 3. The number of rotatable bonds is 2. The summed E-state index contributed by atoms with van der Waals surface area (Å²) < 4.78 is 0. The largest absolute Gasteiger partial charge is 0.478 e. The molecule has 2 heterocycles. The van der Waals surface area contributed by atoms with Crippen LogP contribution in [0.5, 0.6) is 0 Å². The molecule has 4 N–H and O–H groups in total. The number of hydrogen-bond acceptors (Lipinski definition) is 4. The summed E-state index contributed by atoms with van der Waals surface area (Å²) in [7, 11) is 0. The number of aromatic nitrogens is 2. The molecule has 0 saturated carbocycles. The number of aromatic carboxylic acids is 1. The number of para-hydroxylation sites is 1. The van der Waals surface area contributed by atoms with Crippen molar-refractivity contribution in [2.24, 2.45) is 0 Å². The third-order valence-electron chi connectivity index (χ3n) is 4.05. The average Bonchev–Trinajstić information content (AvgIpc) is 2.97. The van der Waals surface area contributed by atoms with Crippen LogP contribution in [-0.4, -0.2) is 32.7 Å². The van der Waals surface area contributed by atoms with E-state index in [1.807, 2.05) is 0 Å². The number of carbonyl (C=O) groups is 2. The van der Waals surface area contributed by atoms with Crippen molar-refractivity contribution in [1.29, 1.82) is 5.41 Å². The molecule has 3 aromatic rings. The zero-order chi connectivity index (χ0) is 16.8. The molecular formula is C17H12N4O3. The lowest BCUT2D eigenvalue weighted by Crippen LogP contribution is -2.34. The monoisotopic (exact) mass is 320 g/mol. The SMILES string of the molecule is N=C1c2ccccc2NC(=O)C1c1nc2ccc(C(=O)O)cc2[nH]1. The van der Waals surface area contributed by atoms with Crippen LogP contribution in [0.4, 0.5) is 5.69 Å². The number of benzene rings is 2. The molecule has 7 nitrogen and oxygen atoms in total. The van der Waals surface area contributed by atoms with Gasteiger partial charge >= 0.3 is 5.97 Å². The Morgan fingerprint density at radius 1 is 1.21 bits per heavy atom. The number of amides is 1. The fourth-order valence-electron chi connectivity index (χ4n) is 2.88. The van der Waals surface area contributed by atoms with E-state index < -0.39 is 11.9 Å². The van der Waals surface area contributed by atoms with Crippen molar-refractivity contribution in [3.05, 3.63) is 59.4 Å². The van der Waals surface area contributed by atoms with Crippen molar-refractivity contribution in [1.82, 2.24) is 9.97 Å². The number of carbonyl (C=O) groups excluding carboxylic acids is 1. The number of H-pyrrole nitrogens is 1. The van der Waals surface area contributed by atoms with Gasteiger partial charge in [-0.05, 0) is 24.3 Å². The van der Waals surface area contributed by atoms with Crippen LogP contribution in [0.15, 0.2) is 42.5 Å². The number of aromatic amines is 1. The molecule has 1 atom stereocenters. The minimum absolute atomic E-state index is 0.131. The number of anilines is 1. The summed E-state index contributed by atoms with van der Waals surface area (Å²) in [6.45, 7) is 0. The van der Waals surface area contributed by atoms with Gasteiger partial charge in [-0.3, -0.25) is 4.79 Å². The number of imidazole rings is 1. The molecule has 7 heteroatoms. The van der Waals surface area contributed by atoms with Crippen LogP contribution in [0.3, 0.4) is 0 Å². The molecule has 0 bridgehead atoms. The van der Waals surface area contributed by atoms with Crippen LogP contribution >= 0.6 is 0 Å². The van der Waals surface area contributed by atoms with Crippen LogP contribution in [0, 0.1) is 5.41 Å². The van der Waals surface area contributed by atoms with Gasteiger partial charge in [-0.2, -0.15) is 0 Å². The maximum absolute atomic E-state index is 12.4. The molecule has 0 radical (unpaired) electrons. The Morgan fingerprint density at radius 3 is 2.79 bits per heavy atom. The molecule has 0 spiro atoms. The molecular weight excluding hydrogens is 308 g/mol. The Morgan fingerprint density at radius 2 is 2.00 bits per heavy atom. The third kappa shape index (κ3) is 2.06. The Balaban J connectivity index is 1.81. The maximum atomic E-state index is 12.4. The minimum atomic E-state index is -1.04. The summed E-state index contributed by atoms with van der Waals surface area (Å²) in [5.74, 6) is -1.91. The van der Waals surface area contributed by atoms with Gasteiger partial charge in [0.1, 0.15) is 11.7 Å². The van der Waals surface area contributed by atoms with E-state index in [4.69, 9.17) is 10.5 Å². The van der Waals surface area contributed by atoms with E-state index in [-0.39, 0.29) is 17.2 Å². The number of nitrogens with zero attached hydrogens (tertiary/aromatic N) is 1. The van der Waals surface area contributed by atoms with E-state index >= 15 is 0 Å². The first kappa shape index (κ1) is 14.1. The number of carboxylic acid groups (broad SMARTS) is 1. The van der Waals surface area contributed by atoms with Crippen molar-refractivity contribution in [3.63, 3.8) is 0 Å². The predicted molar refractivity (Wildman–Crippen MR) is 87.7 cm³/mol. The number of hydrogen-bond donors (Lipinski definition) is 4. The molecule has 118 valence electrons. The highest BCUT2D eigenvalue weighted by molar-refractivity contribution is 6.25. The summed E-state index contributed by atoms with van der Waals surface area (Å²) >= 11 is 0. The van der Waals surface area contributed by atoms with Gasteiger partial charge in [0.2, 0.25) is 5.91 Å². The summed E-state index contributed by atoms with van der Waals surface area (Å²) in [5, 5.41) is 20.2. The topological polar surface area (TPSA) is 119 Å². The molecule has 0 fully saturated rings. The first-order valence-corrected chi connectivity index (χ1v) is 7.26. The number of fused-ring (bicyclic) bond motifs is 2. The molecule has 1 unspecified atom stereocenters. The van der Waals surface area contributed by atoms with Crippen molar-refractivity contribution >= 4 is 34.3 Å². The highest BCUT2D eigenvalue weighted by atomic mass is 16.4. The summed E-state index contributed by atoms with van der Waals surface area (Å²) in [6, 6.07) is 11.6. The van der Waals surface area contributed by atoms with E-state index in [2.05, 4.69) is 15.3 Å². The van der Waals surface area contributed by atoms with Crippen LogP contribution in [0.2, 0.25) is 0 Å². The average molecular weight is 320 g/mol.